The van der Waals surface area contributed by atoms with Crippen LogP contribution >= 0.6 is 11.9 Å². The highest BCUT2D eigenvalue weighted by atomic mass is 32.2. The van der Waals surface area contributed by atoms with Crippen LogP contribution in [0.15, 0.2) is 22.0 Å². The Kier molecular flexibility index (Phi) is 5.72. The van der Waals surface area contributed by atoms with Crippen LogP contribution in [0.1, 0.15) is 39.5 Å². The van der Waals surface area contributed by atoms with Crippen molar-refractivity contribution in [2.24, 2.45) is 10.9 Å². The molecule has 0 spiro atoms. The first-order chi connectivity index (χ1) is 13.8. The maximum atomic E-state index is 14.3. The van der Waals surface area contributed by atoms with Gasteiger partial charge in [-0.2, -0.15) is 13.2 Å². The highest BCUT2D eigenvalue weighted by molar-refractivity contribution is 7.98. The maximum absolute atomic E-state index is 14.3. The number of piperidine rings is 1. The van der Waals surface area contributed by atoms with E-state index < -0.39 is 18.0 Å². The molecule has 0 aromatic heterocycles. The van der Waals surface area contributed by atoms with Crippen LogP contribution in [0.25, 0.3) is 0 Å². The second-order valence-electron chi connectivity index (χ2n) is 7.90. The molecular formula is C20H26F4N4S. The molecule has 2 atom stereocenters. The van der Waals surface area contributed by atoms with Gasteiger partial charge in [-0.1, -0.05) is 13.8 Å². The Bertz CT molecular complexity index is 789. The summed E-state index contributed by atoms with van der Waals surface area (Å²) in [5, 5.41) is 0. The molecule has 0 amide bonds. The molecule has 1 saturated heterocycles. The first-order valence-corrected chi connectivity index (χ1v) is 11.1. The third-order valence-electron chi connectivity index (χ3n) is 6.07. The zero-order chi connectivity index (χ0) is 20.8. The zero-order valence-electron chi connectivity index (χ0n) is 16.6. The van der Waals surface area contributed by atoms with E-state index in [4.69, 9.17) is 0 Å². The Morgan fingerprint density at radius 2 is 1.93 bits per heavy atom. The van der Waals surface area contributed by atoms with E-state index in [1.807, 2.05) is 13.8 Å². The van der Waals surface area contributed by atoms with Crippen LogP contribution < -0.4 is 9.62 Å². The van der Waals surface area contributed by atoms with Gasteiger partial charge in [0.15, 0.2) is 0 Å². The van der Waals surface area contributed by atoms with E-state index in [1.165, 1.54) is 29.0 Å². The average Bonchev–Trinajstić information content (AvgIpc) is 3.52. The average molecular weight is 431 g/mol. The summed E-state index contributed by atoms with van der Waals surface area (Å²) < 4.78 is 59.6. The molecular weight excluding hydrogens is 404 g/mol. The van der Waals surface area contributed by atoms with Crippen LogP contribution in [-0.2, 0) is 0 Å². The number of amidine groups is 1. The number of aliphatic imine (C=N–C) groups is 1. The number of anilines is 1. The molecule has 1 saturated carbocycles. The van der Waals surface area contributed by atoms with Crippen LogP contribution in [0.2, 0.25) is 0 Å². The highest BCUT2D eigenvalue weighted by Gasteiger charge is 2.48. The van der Waals surface area contributed by atoms with Gasteiger partial charge in [0, 0.05) is 18.5 Å². The lowest BCUT2D eigenvalue weighted by Crippen LogP contribution is -2.55. The minimum Gasteiger partial charge on any atom is -0.358 e. The van der Waals surface area contributed by atoms with Gasteiger partial charge in [-0.25, -0.2) is 9.38 Å². The molecule has 4 rings (SSSR count). The molecule has 29 heavy (non-hydrogen) atoms. The van der Waals surface area contributed by atoms with Crippen LogP contribution in [-0.4, -0.2) is 48.6 Å². The molecule has 4 nitrogen and oxygen atoms in total. The van der Waals surface area contributed by atoms with Crippen molar-refractivity contribution in [1.29, 1.82) is 0 Å². The second-order valence-corrected chi connectivity index (χ2v) is 8.75. The van der Waals surface area contributed by atoms with Crippen molar-refractivity contribution in [3.05, 3.63) is 17.9 Å². The minimum atomic E-state index is -4.39. The lowest BCUT2D eigenvalue weighted by Gasteiger charge is -2.45. The van der Waals surface area contributed by atoms with E-state index >= 15 is 0 Å². The minimum absolute atomic E-state index is 0.0128. The summed E-state index contributed by atoms with van der Waals surface area (Å²) in [4.78, 5) is 8.58. The van der Waals surface area contributed by atoms with Crippen LogP contribution in [0.5, 0.6) is 0 Å². The summed E-state index contributed by atoms with van der Waals surface area (Å²) in [6, 6.07) is 0.787. The third-order valence-corrected chi connectivity index (χ3v) is 6.91. The summed E-state index contributed by atoms with van der Waals surface area (Å²) in [6.45, 7) is 5.62. The van der Waals surface area contributed by atoms with Gasteiger partial charge in [-0.05, 0) is 62.9 Å². The van der Waals surface area contributed by atoms with Gasteiger partial charge in [0.2, 0.25) is 0 Å². The van der Waals surface area contributed by atoms with Gasteiger partial charge < -0.3 is 14.5 Å². The molecule has 1 N–H and O–H groups in total. The number of rotatable bonds is 5. The molecule has 0 unspecified atom stereocenters. The highest BCUT2D eigenvalue weighted by Crippen LogP contribution is 2.47. The summed E-state index contributed by atoms with van der Waals surface area (Å²) in [6.07, 6.45) is -1.74. The summed E-state index contributed by atoms with van der Waals surface area (Å²) in [7, 11) is 0. The molecule has 1 aromatic rings. The molecule has 1 aromatic carbocycles. The van der Waals surface area contributed by atoms with Gasteiger partial charge in [0.1, 0.15) is 23.4 Å². The number of fused-ring (bicyclic) bond motifs is 1. The van der Waals surface area contributed by atoms with Crippen molar-refractivity contribution in [2.45, 2.75) is 62.7 Å². The van der Waals surface area contributed by atoms with E-state index in [9.17, 15) is 17.6 Å². The largest absolute Gasteiger partial charge is 0.408 e. The Morgan fingerprint density at radius 3 is 2.55 bits per heavy atom. The van der Waals surface area contributed by atoms with Gasteiger partial charge in [-0.3, -0.25) is 0 Å². The first kappa shape index (κ1) is 20.8. The van der Waals surface area contributed by atoms with Crippen molar-refractivity contribution in [3.8, 4) is 0 Å². The Labute approximate surface area is 172 Å². The van der Waals surface area contributed by atoms with Gasteiger partial charge >= 0.3 is 6.18 Å². The van der Waals surface area contributed by atoms with E-state index in [-0.39, 0.29) is 24.7 Å². The van der Waals surface area contributed by atoms with E-state index in [0.717, 1.165) is 31.8 Å². The number of alkyl halides is 3. The van der Waals surface area contributed by atoms with Crippen molar-refractivity contribution in [1.82, 2.24) is 9.62 Å². The summed E-state index contributed by atoms with van der Waals surface area (Å²) >= 11 is 1.24. The summed E-state index contributed by atoms with van der Waals surface area (Å²) in [5.41, 5.74) is 0.722. The van der Waals surface area contributed by atoms with Crippen molar-refractivity contribution < 1.29 is 17.6 Å². The Morgan fingerprint density at radius 1 is 1.21 bits per heavy atom. The number of hydrogen-bond acceptors (Lipinski definition) is 5. The molecule has 2 heterocycles. The maximum Gasteiger partial charge on any atom is 0.408 e. The fourth-order valence-electron chi connectivity index (χ4n) is 4.37. The Balaban J connectivity index is 1.71. The lowest BCUT2D eigenvalue weighted by molar-refractivity contribution is -0.156. The number of benzene rings is 1. The third kappa shape index (κ3) is 4.21. The number of nitrogens with zero attached hydrogens (tertiary/aromatic N) is 3. The molecule has 0 bridgehead atoms. The molecule has 1 aliphatic carbocycles. The van der Waals surface area contributed by atoms with Crippen molar-refractivity contribution in [3.63, 3.8) is 0 Å². The van der Waals surface area contributed by atoms with Crippen molar-refractivity contribution >= 4 is 29.2 Å². The van der Waals surface area contributed by atoms with Gasteiger partial charge in [-0.15, -0.1) is 0 Å². The van der Waals surface area contributed by atoms with E-state index in [0.29, 0.717) is 22.9 Å². The SMILES string of the molecule is CCN(CC)[C@@H]1CCN(c2cc(F)cc3c2N=C(C2CC2)NS3)[C@H](C(F)(F)F)C1. The van der Waals surface area contributed by atoms with E-state index in [1.54, 1.807) is 0 Å². The van der Waals surface area contributed by atoms with Crippen LogP contribution in [0.4, 0.5) is 28.9 Å². The zero-order valence-corrected chi connectivity index (χ0v) is 17.4. The smallest absolute Gasteiger partial charge is 0.358 e. The number of halogens is 4. The standard InChI is InChI=1S/C20H26F4N4S/c1-3-27(4-2)14-7-8-28(17(11-14)20(22,23)24)15-9-13(21)10-16-18(15)25-19(26-29-16)12-5-6-12/h9-10,12,14,17H,3-8,11H2,1-2H3,(H,25,26)/t14-,17+/m1/s1. The molecule has 2 fully saturated rings. The molecule has 2 aliphatic heterocycles. The second kappa shape index (κ2) is 7.98. The predicted octanol–water partition coefficient (Wildman–Crippen LogP) is 5.12. The predicted molar refractivity (Wildman–Crippen MR) is 108 cm³/mol. The topological polar surface area (TPSA) is 30.9 Å². The van der Waals surface area contributed by atoms with E-state index in [2.05, 4.69) is 14.6 Å². The monoisotopic (exact) mass is 430 g/mol. The lowest BCUT2D eigenvalue weighted by atomic mass is 9.94. The number of nitrogens with one attached hydrogen (secondary N) is 1. The quantitative estimate of drug-likeness (QED) is 0.519. The Hall–Kier alpha value is -1.48. The first-order valence-electron chi connectivity index (χ1n) is 10.2. The van der Waals surface area contributed by atoms with Crippen molar-refractivity contribution in [2.75, 3.05) is 24.5 Å². The van der Waals surface area contributed by atoms with Gasteiger partial charge in [0.05, 0.1) is 10.6 Å². The van der Waals surface area contributed by atoms with Gasteiger partial charge in [0.25, 0.3) is 0 Å². The molecule has 9 heteroatoms. The fourth-order valence-corrected chi connectivity index (χ4v) is 5.21. The van der Waals surface area contributed by atoms with Crippen LogP contribution in [0.3, 0.4) is 0 Å². The molecule has 0 radical (unpaired) electrons. The normalized spacial score (nSPS) is 24.9. The van der Waals surface area contributed by atoms with Crippen LogP contribution in [0, 0.1) is 11.7 Å². The fraction of sp³-hybridized carbons (Fsp3) is 0.650. The molecule has 160 valence electrons. The summed E-state index contributed by atoms with van der Waals surface area (Å²) in [5.74, 6) is 0.585. The molecule has 3 aliphatic rings. The number of hydrogen-bond donors (Lipinski definition) is 1.